The molecule has 0 spiro atoms. The fraction of sp³-hybridized carbons (Fsp3) is 0.167. The molecule has 0 saturated heterocycles. The first-order chi connectivity index (χ1) is 12.9. The Labute approximate surface area is 156 Å². The van der Waals surface area contributed by atoms with Crippen molar-refractivity contribution >= 4 is 27.3 Å². The molecule has 0 aliphatic carbocycles. The molecule has 0 bridgehead atoms. The van der Waals surface area contributed by atoms with Gasteiger partial charge in [0, 0.05) is 23.4 Å². The van der Waals surface area contributed by atoms with Crippen LogP contribution >= 0.6 is 0 Å². The van der Waals surface area contributed by atoms with Crippen LogP contribution in [0.2, 0.25) is 0 Å². The van der Waals surface area contributed by atoms with Crippen molar-refractivity contribution in [1.82, 2.24) is 15.2 Å². The van der Waals surface area contributed by atoms with Crippen molar-refractivity contribution < 1.29 is 13.2 Å². The molecule has 2 heterocycles. The van der Waals surface area contributed by atoms with E-state index in [1.54, 1.807) is 30.3 Å². The van der Waals surface area contributed by atoms with Crippen LogP contribution in [0.1, 0.15) is 15.9 Å². The van der Waals surface area contributed by atoms with E-state index in [2.05, 4.69) is 20.5 Å². The van der Waals surface area contributed by atoms with Crippen LogP contribution in [0.5, 0.6) is 0 Å². The van der Waals surface area contributed by atoms with Gasteiger partial charge in [-0.25, -0.2) is 13.4 Å². The van der Waals surface area contributed by atoms with Crippen LogP contribution in [0.4, 0.5) is 11.4 Å². The van der Waals surface area contributed by atoms with E-state index in [-0.39, 0.29) is 5.91 Å². The number of hydrogen-bond acceptors (Lipinski definition) is 5. The zero-order valence-corrected chi connectivity index (χ0v) is 15.3. The molecule has 3 aromatic rings. The fourth-order valence-corrected chi connectivity index (χ4v) is 4.11. The lowest BCUT2D eigenvalue weighted by molar-refractivity contribution is 0.102. The maximum absolute atomic E-state index is 12.6. The number of carbonyl (C=O) groups excluding carboxylic acids is 1. The Kier molecular flexibility index (Phi) is 4.15. The van der Waals surface area contributed by atoms with Gasteiger partial charge in [-0.05, 0) is 42.3 Å². The lowest BCUT2D eigenvalue weighted by Crippen LogP contribution is -2.27. The van der Waals surface area contributed by atoms with Crippen molar-refractivity contribution in [1.29, 1.82) is 0 Å². The van der Waals surface area contributed by atoms with Gasteiger partial charge in [0.2, 0.25) is 10.0 Å². The van der Waals surface area contributed by atoms with Gasteiger partial charge in [0.05, 0.1) is 11.9 Å². The monoisotopic (exact) mass is 383 g/mol. The summed E-state index contributed by atoms with van der Waals surface area (Å²) in [6, 6.07) is 12.3. The Morgan fingerprint density at radius 1 is 1.22 bits per heavy atom. The van der Waals surface area contributed by atoms with Crippen LogP contribution in [-0.2, 0) is 16.4 Å². The number of anilines is 2. The molecule has 1 amide bonds. The van der Waals surface area contributed by atoms with Crippen LogP contribution < -0.4 is 9.62 Å². The summed E-state index contributed by atoms with van der Waals surface area (Å²) in [7, 11) is -3.31. The molecule has 138 valence electrons. The van der Waals surface area contributed by atoms with E-state index in [0.717, 1.165) is 11.1 Å². The Morgan fingerprint density at radius 3 is 2.81 bits per heavy atom. The number of sulfonamides is 1. The second-order valence-electron chi connectivity index (χ2n) is 6.30. The van der Waals surface area contributed by atoms with Gasteiger partial charge in [0.1, 0.15) is 6.33 Å². The molecule has 1 aliphatic rings. The first-order valence-electron chi connectivity index (χ1n) is 8.29. The summed E-state index contributed by atoms with van der Waals surface area (Å²) in [5.74, 6) is 0.356. The molecule has 9 heteroatoms. The molecule has 2 aromatic carbocycles. The van der Waals surface area contributed by atoms with E-state index in [1.165, 1.54) is 16.9 Å². The number of aromatic amines is 1. The van der Waals surface area contributed by atoms with Gasteiger partial charge in [-0.1, -0.05) is 12.1 Å². The highest BCUT2D eigenvalue weighted by atomic mass is 32.2. The normalized spacial score (nSPS) is 13.4. The third kappa shape index (κ3) is 3.41. The number of aromatic nitrogens is 3. The molecule has 0 saturated carbocycles. The highest BCUT2D eigenvalue weighted by Crippen LogP contribution is 2.31. The molecule has 0 radical (unpaired) electrons. The van der Waals surface area contributed by atoms with Gasteiger partial charge in [-0.15, -0.1) is 0 Å². The molecule has 8 nitrogen and oxygen atoms in total. The second kappa shape index (κ2) is 6.51. The summed E-state index contributed by atoms with van der Waals surface area (Å²) in [5.41, 5.74) is 3.41. The average Bonchev–Trinajstić information content (AvgIpc) is 3.30. The van der Waals surface area contributed by atoms with Crippen molar-refractivity contribution in [2.75, 3.05) is 22.4 Å². The number of benzene rings is 2. The van der Waals surface area contributed by atoms with Gasteiger partial charge in [0.15, 0.2) is 5.82 Å². The van der Waals surface area contributed by atoms with Crippen LogP contribution in [0.15, 0.2) is 48.8 Å². The minimum atomic E-state index is -3.31. The van der Waals surface area contributed by atoms with Gasteiger partial charge in [-0.2, -0.15) is 5.10 Å². The topological polar surface area (TPSA) is 108 Å². The number of H-pyrrole nitrogens is 1. The largest absolute Gasteiger partial charge is 0.322 e. The number of amides is 1. The highest BCUT2D eigenvalue weighted by Gasteiger charge is 2.26. The first kappa shape index (κ1) is 17.2. The number of fused-ring (bicyclic) bond motifs is 1. The zero-order valence-electron chi connectivity index (χ0n) is 14.5. The molecule has 2 N–H and O–H groups in total. The number of nitrogens with one attached hydrogen (secondary N) is 2. The molecule has 1 aromatic heterocycles. The van der Waals surface area contributed by atoms with Gasteiger partial charge in [-0.3, -0.25) is 14.2 Å². The summed E-state index contributed by atoms with van der Waals surface area (Å²) in [4.78, 5) is 16.7. The third-order valence-electron chi connectivity index (χ3n) is 4.40. The maximum atomic E-state index is 12.6. The number of nitrogens with zero attached hydrogens (tertiary/aromatic N) is 3. The highest BCUT2D eigenvalue weighted by molar-refractivity contribution is 7.92. The number of carbonyl (C=O) groups is 1. The van der Waals surface area contributed by atoms with E-state index in [4.69, 9.17) is 0 Å². The number of hydrogen-bond donors (Lipinski definition) is 2. The van der Waals surface area contributed by atoms with E-state index in [9.17, 15) is 13.2 Å². The van der Waals surface area contributed by atoms with E-state index in [0.29, 0.717) is 35.7 Å². The predicted octanol–water partition coefficient (Wildman–Crippen LogP) is 2.05. The van der Waals surface area contributed by atoms with Gasteiger partial charge >= 0.3 is 0 Å². The number of rotatable bonds is 4. The van der Waals surface area contributed by atoms with Crippen LogP contribution in [0.25, 0.3) is 11.4 Å². The second-order valence-corrected chi connectivity index (χ2v) is 8.20. The van der Waals surface area contributed by atoms with Crippen molar-refractivity contribution in [3.63, 3.8) is 0 Å². The summed E-state index contributed by atoms with van der Waals surface area (Å²) >= 11 is 0. The zero-order chi connectivity index (χ0) is 19.0. The van der Waals surface area contributed by atoms with Crippen LogP contribution in [0.3, 0.4) is 0 Å². The van der Waals surface area contributed by atoms with Crippen molar-refractivity contribution in [2.45, 2.75) is 6.42 Å². The van der Waals surface area contributed by atoms with Crippen molar-refractivity contribution in [3.8, 4) is 11.4 Å². The summed E-state index contributed by atoms with van der Waals surface area (Å²) in [5, 5.41) is 9.47. The minimum Gasteiger partial charge on any atom is -0.322 e. The lowest BCUT2D eigenvalue weighted by atomic mass is 10.1. The molecule has 1 aliphatic heterocycles. The molecular formula is C18H17N5O3S. The Balaban J connectivity index is 1.56. The first-order valence-corrected chi connectivity index (χ1v) is 10.1. The van der Waals surface area contributed by atoms with E-state index < -0.39 is 10.0 Å². The minimum absolute atomic E-state index is 0.259. The van der Waals surface area contributed by atoms with Gasteiger partial charge in [0.25, 0.3) is 5.91 Å². The van der Waals surface area contributed by atoms with Crippen molar-refractivity contribution in [3.05, 3.63) is 59.9 Å². The Morgan fingerprint density at radius 2 is 2.07 bits per heavy atom. The Bertz CT molecular complexity index is 1110. The summed E-state index contributed by atoms with van der Waals surface area (Å²) in [6.07, 6.45) is 3.19. The SMILES string of the molecule is CS(=O)(=O)N1CCc2cc(C(=O)Nc3cccc(-c4ncn[nH]4)c3)ccc21. The molecule has 4 rings (SSSR count). The molecule has 27 heavy (non-hydrogen) atoms. The third-order valence-corrected chi connectivity index (χ3v) is 5.58. The summed E-state index contributed by atoms with van der Waals surface area (Å²) in [6.45, 7) is 0.401. The standard InChI is InChI=1S/C18H17N5O3S/c1-27(25,26)23-8-7-12-9-14(5-6-16(12)23)18(24)21-15-4-2-3-13(10-15)17-19-11-20-22-17/h2-6,9-11H,7-8H2,1H3,(H,21,24)(H,19,20,22). The quantitative estimate of drug-likeness (QED) is 0.717. The smallest absolute Gasteiger partial charge is 0.255 e. The van der Waals surface area contributed by atoms with Gasteiger partial charge < -0.3 is 5.32 Å². The summed E-state index contributed by atoms with van der Waals surface area (Å²) < 4.78 is 25.0. The molecular weight excluding hydrogens is 366 g/mol. The lowest BCUT2D eigenvalue weighted by Gasteiger charge is -2.16. The Hall–Kier alpha value is -3.20. The van der Waals surface area contributed by atoms with E-state index in [1.807, 2.05) is 12.1 Å². The van der Waals surface area contributed by atoms with Crippen LogP contribution in [0, 0.1) is 0 Å². The molecule has 0 unspecified atom stereocenters. The molecule has 0 fully saturated rings. The van der Waals surface area contributed by atoms with Crippen LogP contribution in [-0.4, -0.2) is 42.3 Å². The van der Waals surface area contributed by atoms with Crippen molar-refractivity contribution in [2.24, 2.45) is 0 Å². The fourth-order valence-electron chi connectivity index (χ4n) is 3.15. The average molecular weight is 383 g/mol. The maximum Gasteiger partial charge on any atom is 0.255 e. The molecule has 0 atom stereocenters. The predicted molar refractivity (Wildman–Crippen MR) is 102 cm³/mol. The van der Waals surface area contributed by atoms with E-state index >= 15 is 0 Å².